The van der Waals surface area contributed by atoms with Crippen molar-refractivity contribution in [1.29, 1.82) is 0 Å². The van der Waals surface area contributed by atoms with E-state index in [9.17, 15) is 4.39 Å². The summed E-state index contributed by atoms with van der Waals surface area (Å²) in [4.78, 5) is 7.30. The summed E-state index contributed by atoms with van der Waals surface area (Å²) < 4.78 is 13.4. The highest BCUT2D eigenvalue weighted by molar-refractivity contribution is 6.31. The predicted octanol–water partition coefficient (Wildman–Crippen LogP) is 3.97. The first-order valence-corrected chi connectivity index (χ1v) is 5.53. The third-order valence-corrected chi connectivity index (χ3v) is 2.58. The fraction of sp³-hybridized carbons (Fsp3) is 0.0909. The van der Waals surface area contributed by atoms with E-state index in [0.717, 1.165) is 11.8 Å². The largest absolute Gasteiger partial charge is 0.337 e. The fourth-order valence-corrected chi connectivity index (χ4v) is 1.60. The summed E-state index contributed by atoms with van der Waals surface area (Å²) >= 11 is 11.5. The van der Waals surface area contributed by atoms with Gasteiger partial charge < -0.3 is 5.32 Å². The van der Waals surface area contributed by atoms with Crippen LogP contribution in [0.3, 0.4) is 0 Å². The van der Waals surface area contributed by atoms with Gasteiger partial charge >= 0.3 is 0 Å². The molecular formula is C11H8Cl2FN3. The predicted molar refractivity (Wildman–Crippen MR) is 66.5 cm³/mol. The molecule has 0 spiro atoms. The van der Waals surface area contributed by atoms with Gasteiger partial charge in [-0.05, 0) is 36.2 Å². The van der Waals surface area contributed by atoms with Gasteiger partial charge in [-0.15, -0.1) is 0 Å². The highest BCUT2D eigenvalue weighted by atomic mass is 35.5. The Morgan fingerprint density at radius 1 is 1.29 bits per heavy atom. The molecule has 1 heterocycles. The Hall–Kier alpha value is -1.39. The van der Waals surface area contributed by atoms with E-state index in [0.29, 0.717) is 10.7 Å². The maximum atomic E-state index is 13.4. The summed E-state index contributed by atoms with van der Waals surface area (Å²) in [5.74, 6) is -0.552. The summed E-state index contributed by atoms with van der Waals surface area (Å²) in [6, 6.07) is 5.27. The van der Waals surface area contributed by atoms with Gasteiger partial charge in [0.1, 0.15) is 0 Å². The number of rotatable bonds is 2. The highest BCUT2D eigenvalue weighted by Gasteiger charge is 2.08. The molecule has 0 amide bonds. The molecule has 0 radical (unpaired) electrons. The van der Waals surface area contributed by atoms with E-state index < -0.39 is 5.82 Å². The van der Waals surface area contributed by atoms with E-state index in [1.807, 2.05) is 13.0 Å². The minimum atomic E-state index is -0.575. The van der Waals surface area contributed by atoms with Crippen molar-refractivity contribution in [2.24, 2.45) is 0 Å². The van der Waals surface area contributed by atoms with Crippen LogP contribution in [-0.4, -0.2) is 9.97 Å². The van der Waals surface area contributed by atoms with Crippen molar-refractivity contribution in [2.75, 3.05) is 5.32 Å². The lowest BCUT2D eigenvalue weighted by Crippen LogP contribution is -2.00. The Morgan fingerprint density at radius 3 is 2.82 bits per heavy atom. The van der Waals surface area contributed by atoms with E-state index in [1.54, 1.807) is 12.1 Å². The van der Waals surface area contributed by atoms with Gasteiger partial charge in [0.05, 0.1) is 6.20 Å². The number of hydrogen-bond donors (Lipinski definition) is 1. The van der Waals surface area contributed by atoms with E-state index in [-0.39, 0.29) is 11.1 Å². The molecule has 2 rings (SSSR count). The normalized spacial score (nSPS) is 10.4. The Balaban J connectivity index is 2.37. The fourth-order valence-electron chi connectivity index (χ4n) is 1.29. The summed E-state index contributed by atoms with van der Waals surface area (Å²) in [7, 11) is 0. The van der Waals surface area contributed by atoms with E-state index in [1.165, 1.54) is 0 Å². The maximum absolute atomic E-state index is 13.4. The maximum Gasteiger partial charge on any atom is 0.224 e. The van der Waals surface area contributed by atoms with Gasteiger partial charge in [0.2, 0.25) is 5.28 Å². The first kappa shape index (κ1) is 12.1. The van der Waals surface area contributed by atoms with Crippen LogP contribution in [0.25, 0.3) is 0 Å². The van der Waals surface area contributed by atoms with Crippen LogP contribution >= 0.6 is 23.2 Å². The number of aryl methyl sites for hydroxylation is 1. The zero-order valence-electron chi connectivity index (χ0n) is 8.84. The van der Waals surface area contributed by atoms with Crippen LogP contribution in [0.15, 0.2) is 24.4 Å². The lowest BCUT2D eigenvalue weighted by Gasteiger charge is -2.09. The molecule has 0 atom stereocenters. The third-order valence-electron chi connectivity index (χ3n) is 2.17. The molecule has 0 bridgehead atoms. The van der Waals surface area contributed by atoms with Crippen LogP contribution in [0.1, 0.15) is 5.56 Å². The van der Waals surface area contributed by atoms with Crippen molar-refractivity contribution in [1.82, 2.24) is 9.97 Å². The van der Waals surface area contributed by atoms with Crippen molar-refractivity contribution in [2.45, 2.75) is 6.92 Å². The molecular weight excluding hydrogens is 264 g/mol. The molecule has 88 valence electrons. The van der Waals surface area contributed by atoms with Gasteiger partial charge in [-0.25, -0.2) is 9.37 Å². The molecule has 0 aliphatic rings. The van der Waals surface area contributed by atoms with Crippen molar-refractivity contribution in [3.63, 3.8) is 0 Å². The molecule has 17 heavy (non-hydrogen) atoms. The van der Waals surface area contributed by atoms with Gasteiger partial charge in [0.15, 0.2) is 11.6 Å². The zero-order chi connectivity index (χ0) is 12.4. The molecule has 0 fully saturated rings. The lowest BCUT2D eigenvalue weighted by atomic mass is 10.2. The molecule has 0 aliphatic carbocycles. The molecule has 0 saturated heterocycles. The van der Waals surface area contributed by atoms with Gasteiger partial charge in [0.25, 0.3) is 0 Å². The third kappa shape index (κ3) is 2.84. The Labute approximate surface area is 108 Å². The summed E-state index contributed by atoms with van der Waals surface area (Å²) in [6.07, 6.45) is 1.01. The van der Waals surface area contributed by atoms with Crippen molar-refractivity contribution in [3.05, 3.63) is 46.1 Å². The average molecular weight is 272 g/mol. The lowest BCUT2D eigenvalue weighted by molar-refractivity contribution is 0.619. The van der Waals surface area contributed by atoms with Gasteiger partial charge in [-0.3, -0.25) is 0 Å². The average Bonchev–Trinajstić information content (AvgIpc) is 2.28. The van der Waals surface area contributed by atoms with Crippen LogP contribution < -0.4 is 5.32 Å². The SMILES string of the molecule is Cc1ccc(Cl)cc1Nc1nc(Cl)ncc1F. The van der Waals surface area contributed by atoms with E-state index in [4.69, 9.17) is 23.2 Å². The number of nitrogens with zero attached hydrogens (tertiary/aromatic N) is 2. The second-order valence-electron chi connectivity index (χ2n) is 3.42. The molecule has 1 aromatic carbocycles. The summed E-state index contributed by atoms with van der Waals surface area (Å²) in [6.45, 7) is 1.87. The molecule has 3 nitrogen and oxygen atoms in total. The quantitative estimate of drug-likeness (QED) is 0.840. The molecule has 1 aromatic heterocycles. The molecule has 0 aliphatic heterocycles. The molecule has 2 aromatic rings. The van der Waals surface area contributed by atoms with Crippen LogP contribution in [0.4, 0.5) is 15.9 Å². The van der Waals surface area contributed by atoms with Crippen LogP contribution in [-0.2, 0) is 0 Å². The monoisotopic (exact) mass is 271 g/mol. The van der Waals surface area contributed by atoms with E-state index in [2.05, 4.69) is 15.3 Å². The van der Waals surface area contributed by atoms with Gasteiger partial charge in [-0.2, -0.15) is 4.98 Å². The van der Waals surface area contributed by atoms with Gasteiger partial charge in [-0.1, -0.05) is 17.7 Å². The topological polar surface area (TPSA) is 37.8 Å². The zero-order valence-corrected chi connectivity index (χ0v) is 10.3. The van der Waals surface area contributed by atoms with Crippen molar-refractivity contribution < 1.29 is 4.39 Å². The second kappa shape index (κ2) is 4.85. The number of benzene rings is 1. The van der Waals surface area contributed by atoms with Crippen molar-refractivity contribution >= 4 is 34.7 Å². The van der Waals surface area contributed by atoms with Crippen LogP contribution in [0.5, 0.6) is 0 Å². The Kier molecular flexibility index (Phi) is 3.45. The standard InChI is InChI=1S/C11H8Cl2FN3/c1-6-2-3-7(12)4-9(6)16-10-8(14)5-15-11(13)17-10/h2-5H,1H3,(H,15,16,17). The minimum absolute atomic E-state index is 0.0198. The smallest absolute Gasteiger partial charge is 0.224 e. The summed E-state index contributed by atoms with van der Waals surface area (Å²) in [5, 5.41) is 3.36. The Bertz CT molecular complexity index is 511. The minimum Gasteiger partial charge on any atom is -0.337 e. The van der Waals surface area contributed by atoms with Crippen LogP contribution in [0.2, 0.25) is 10.3 Å². The molecule has 0 unspecified atom stereocenters. The van der Waals surface area contributed by atoms with E-state index >= 15 is 0 Å². The summed E-state index contributed by atoms with van der Waals surface area (Å²) in [5.41, 5.74) is 1.59. The second-order valence-corrected chi connectivity index (χ2v) is 4.19. The number of anilines is 2. The molecule has 6 heteroatoms. The van der Waals surface area contributed by atoms with Crippen LogP contribution in [0, 0.1) is 12.7 Å². The number of hydrogen-bond acceptors (Lipinski definition) is 3. The van der Waals surface area contributed by atoms with Crippen molar-refractivity contribution in [3.8, 4) is 0 Å². The first-order chi connectivity index (χ1) is 8.06. The molecule has 1 N–H and O–H groups in total. The first-order valence-electron chi connectivity index (χ1n) is 4.77. The highest BCUT2D eigenvalue weighted by Crippen LogP contribution is 2.24. The molecule has 0 saturated carbocycles. The Morgan fingerprint density at radius 2 is 2.06 bits per heavy atom. The number of halogens is 3. The number of aromatic nitrogens is 2. The number of nitrogens with one attached hydrogen (secondary N) is 1. The van der Waals surface area contributed by atoms with Gasteiger partial charge in [0, 0.05) is 10.7 Å².